The number of hydrogen-bond acceptors (Lipinski definition) is 3. The molecule has 1 heterocycles. The summed E-state index contributed by atoms with van der Waals surface area (Å²) in [5.74, 6) is -0.207. The molecule has 17 heavy (non-hydrogen) atoms. The van der Waals surface area contributed by atoms with Gasteiger partial charge in [-0.05, 0) is 25.1 Å². The number of halogens is 1. The van der Waals surface area contributed by atoms with E-state index in [1.165, 1.54) is 6.07 Å². The third kappa shape index (κ3) is 2.53. The van der Waals surface area contributed by atoms with Crippen LogP contribution in [0.2, 0.25) is 5.02 Å². The molecule has 1 aromatic carbocycles. The maximum atomic E-state index is 12.2. The van der Waals surface area contributed by atoms with E-state index in [1.54, 1.807) is 17.0 Å². The molecule has 1 aliphatic heterocycles. The van der Waals surface area contributed by atoms with Crippen molar-refractivity contribution in [2.75, 3.05) is 19.6 Å². The van der Waals surface area contributed by atoms with Gasteiger partial charge in [0.2, 0.25) is 0 Å². The van der Waals surface area contributed by atoms with Crippen LogP contribution in [0.4, 0.5) is 0 Å². The first-order chi connectivity index (χ1) is 8.09. The summed E-state index contributed by atoms with van der Waals surface area (Å²) < 4.78 is 0. The Kier molecular flexibility index (Phi) is 3.54. The van der Waals surface area contributed by atoms with Gasteiger partial charge >= 0.3 is 0 Å². The minimum Gasteiger partial charge on any atom is -0.507 e. The molecular formula is C12H15ClN2O2. The van der Waals surface area contributed by atoms with E-state index >= 15 is 0 Å². The molecule has 0 aliphatic carbocycles. The molecule has 1 atom stereocenters. The number of amides is 1. The second-order valence-electron chi connectivity index (χ2n) is 4.21. The Labute approximate surface area is 105 Å². The second kappa shape index (κ2) is 4.94. The van der Waals surface area contributed by atoms with Gasteiger partial charge in [-0.2, -0.15) is 0 Å². The highest BCUT2D eigenvalue weighted by Gasteiger charge is 2.25. The van der Waals surface area contributed by atoms with E-state index in [2.05, 4.69) is 5.32 Å². The number of piperazine rings is 1. The molecule has 1 aromatic rings. The standard InChI is InChI=1S/C12H15ClN2O2/c1-8-7-14-4-5-15(8)12(17)10-3-2-9(13)6-11(10)16/h2-3,6,8,14,16H,4-5,7H2,1H3/t8-/m1/s1. The largest absolute Gasteiger partial charge is 0.507 e. The third-order valence-corrected chi connectivity index (χ3v) is 3.19. The highest BCUT2D eigenvalue weighted by molar-refractivity contribution is 6.30. The molecule has 0 aromatic heterocycles. The Balaban J connectivity index is 2.24. The van der Waals surface area contributed by atoms with Crippen LogP contribution in [0.15, 0.2) is 18.2 Å². The molecule has 1 saturated heterocycles. The molecule has 4 nitrogen and oxygen atoms in total. The molecule has 1 fully saturated rings. The number of aromatic hydroxyl groups is 1. The fraction of sp³-hybridized carbons (Fsp3) is 0.417. The topological polar surface area (TPSA) is 52.6 Å². The van der Waals surface area contributed by atoms with Gasteiger partial charge in [-0.3, -0.25) is 4.79 Å². The van der Waals surface area contributed by atoms with Gasteiger partial charge in [0.05, 0.1) is 5.56 Å². The first-order valence-electron chi connectivity index (χ1n) is 5.60. The van der Waals surface area contributed by atoms with Gasteiger partial charge in [0.1, 0.15) is 5.75 Å². The average Bonchev–Trinajstić information content (AvgIpc) is 2.29. The summed E-state index contributed by atoms with van der Waals surface area (Å²) in [4.78, 5) is 14.0. The maximum Gasteiger partial charge on any atom is 0.257 e. The minimum atomic E-state index is -0.145. The number of nitrogens with one attached hydrogen (secondary N) is 1. The van der Waals surface area contributed by atoms with Crippen molar-refractivity contribution in [2.45, 2.75) is 13.0 Å². The van der Waals surface area contributed by atoms with E-state index in [4.69, 9.17) is 11.6 Å². The van der Waals surface area contributed by atoms with E-state index in [9.17, 15) is 9.90 Å². The van der Waals surface area contributed by atoms with E-state index in [1.807, 2.05) is 6.92 Å². The number of carbonyl (C=O) groups is 1. The Bertz CT molecular complexity index is 437. The van der Waals surface area contributed by atoms with Gasteiger partial charge in [0, 0.05) is 30.7 Å². The van der Waals surface area contributed by atoms with Gasteiger partial charge in [0.15, 0.2) is 0 Å². The van der Waals surface area contributed by atoms with Crippen LogP contribution in [0.3, 0.4) is 0 Å². The molecule has 0 saturated carbocycles. The second-order valence-corrected chi connectivity index (χ2v) is 4.65. The van der Waals surface area contributed by atoms with Crippen molar-refractivity contribution in [3.63, 3.8) is 0 Å². The van der Waals surface area contributed by atoms with E-state index in [0.717, 1.165) is 13.1 Å². The quantitative estimate of drug-likeness (QED) is 0.798. The van der Waals surface area contributed by atoms with Crippen molar-refractivity contribution in [1.82, 2.24) is 10.2 Å². The van der Waals surface area contributed by atoms with E-state index in [0.29, 0.717) is 17.1 Å². The first kappa shape index (κ1) is 12.2. The summed E-state index contributed by atoms with van der Waals surface area (Å²) in [6.07, 6.45) is 0. The number of carbonyl (C=O) groups excluding carboxylic acids is 1. The van der Waals surface area contributed by atoms with Crippen molar-refractivity contribution in [1.29, 1.82) is 0 Å². The number of phenolic OH excluding ortho intramolecular Hbond substituents is 1. The number of hydrogen-bond donors (Lipinski definition) is 2. The zero-order chi connectivity index (χ0) is 12.4. The molecular weight excluding hydrogens is 240 g/mol. The zero-order valence-corrected chi connectivity index (χ0v) is 10.4. The molecule has 0 unspecified atom stereocenters. The van der Waals surface area contributed by atoms with Crippen LogP contribution in [-0.2, 0) is 0 Å². The van der Waals surface area contributed by atoms with Crippen molar-refractivity contribution < 1.29 is 9.90 Å². The number of nitrogens with zero attached hydrogens (tertiary/aromatic N) is 1. The Hall–Kier alpha value is -1.26. The van der Waals surface area contributed by atoms with Gasteiger partial charge in [-0.1, -0.05) is 11.6 Å². The van der Waals surface area contributed by atoms with Crippen LogP contribution in [0.25, 0.3) is 0 Å². The highest BCUT2D eigenvalue weighted by atomic mass is 35.5. The van der Waals surface area contributed by atoms with Crippen LogP contribution in [0.5, 0.6) is 5.75 Å². The summed E-state index contributed by atoms with van der Waals surface area (Å²) in [5.41, 5.74) is 0.308. The lowest BCUT2D eigenvalue weighted by Crippen LogP contribution is -2.52. The SMILES string of the molecule is C[C@@H]1CNCCN1C(=O)c1ccc(Cl)cc1O. The number of rotatable bonds is 1. The van der Waals surface area contributed by atoms with Crippen LogP contribution in [0.1, 0.15) is 17.3 Å². The predicted molar refractivity (Wildman–Crippen MR) is 66.5 cm³/mol. The smallest absolute Gasteiger partial charge is 0.257 e. The monoisotopic (exact) mass is 254 g/mol. The van der Waals surface area contributed by atoms with Crippen LogP contribution >= 0.6 is 11.6 Å². The summed E-state index contributed by atoms with van der Waals surface area (Å²) >= 11 is 5.74. The molecule has 1 amide bonds. The van der Waals surface area contributed by atoms with Gasteiger partial charge < -0.3 is 15.3 Å². The lowest BCUT2D eigenvalue weighted by atomic mass is 10.1. The van der Waals surface area contributed by atoms with Crippen LogP contribution < -0.4 is 5.32 Å². The van der Waals surface area contributed by atoms with Gasteiger partial charge in [-0.25, -0.2) is 0 Å². The molecule has 1 aliphatic rings. The summed E-state index contributed by atoms with van der Waals surface area (Å²) in [5, 5.41) is 13.4. The normalized spacial score (nSPS) is 20.4. The Morgan fingerprint density at radius 2 is 2.35 bits per heavy atom. The Morgan fingerprint density at radius 1 is 1.59 bits per heavy atom. The molecule has 5 heteroatoms. The van der Waals surface area contributed by atoms with Crippen molar-refractivity contribution >= 4 is 17.5 Å². The summed E-state index contributed by atoms with van der Waals surface area (Å²) in [6, 6.07) is 4.70. The first-order valence-corrected chi connectivity index (χ1v) is 5.97. The van der Waals surface area contributed by atoms with E-state index < -0.39 is 0 Å². The lowest BCUT2D eigenvalue weighted by molar-refractivity contribution is 0.0653. The van der Waals surface area contributed by atoms with Crippen LogP contribution in [-0.4, -0.2) is 41.6 Å². The Morgan fingerprint density at radius 3 is 3.00 bits per heavy atom. The highest BCUT2D eigenvalue weighted by Crippen LogP contribution is 2.24. The molecule has 2 N–H and O–H groups in total. The number of benzene rings is 1. The molecule has 0 spiro atoms. The fourth-order valence-electron chi connectivity index (χ4n) is 1.98. The summed E-state index contributed by atoms with van der Waals surface area (Å²) in [7, 11) is 0. The number of phenols is 1. The lowest BCUT2D eigenvalue weighted by Gasteiger charge is -2.34. The molecule has 0 bridgehead atoms. The zero-order valence-electron chi connectivity index (χ0n) is 9.61. The summed E-state index contributed by atoms with van der Waals surface area (Å²) in [6.45, 7) is 4.20. The fourth-order valence-corrected chi connectivity index (χ4v) is 2.15. The van der Waals surface area contributed by atoms with Gasteiger partial charge in [0.25, 0.3) is 5.91 Å². The average molecular weight is 255 g/mol. The predicted octanol–water partition coefficient (Wildman–Crippen LogP) is 1.48. The molecule has 0 radical (unpaired) electrons. The van der Waals surface area contributed by atoms with Crippen molar-refractivity contribution in [3.8, 4) is 5.75 Å². The van der Waals surface area contributed by atoms with Crippen molar-refractivity contribution in [2.24, 2.45) is 0 Å². The third-order valence-electron chi connectivity index (χ3n) is 2.95. The molecule has 2 rings (SSSR count). The van der Waals surface area contributed by atoms with Gasteiger partial charge in [-0.15, -0.1) is 0 Å². The van der Waals surface area contributed by atoms with Crippen LogP contribution in [0, 0.1) is 0 Å². The van der Waals surface area contributed by atoms with E-state index in [-0.39, 0.29) is 17.7 Å². The maximum absolute atomic E-state index is 12.2. The minimum absolute atomic E-state index is 0.0618. The molecule has 92 valence electrons. The van der Waals surface area contributed by atoms with Crippen molar-refractivity contribution in [3.05, 3.63) is 28.8 Å².